The number of hydroxylamine groups is 1. The second-order valence-electron chi connectivity index (χ2n) is 11.4. The summed E-state index contributed by atoms with van der Waals surface area (Å²) in [4.78, 5) is 6.34. The van der Waals surface area contributed by atoms with Gasteiger partial charge >= 0.3 is 0 Å². The third kappa shape index (κ3) is 5.33. The van der Waals surface area contributed by atoms with Gasteiger partial charge in [-0.05, 0) is 43.1 Å². The highest BCUT2D eigenvalue weighted by Gasteiger charge is 2.55. The van der Waals surface area contributed by atoms with Crippen LogP contribution in [0.4, 0.5) is 0 Å². The lowest BCUT2D eigenvalue weighted by molar-refractivity contribution is -0.162. The van der Waals surface area contributed by atoms with E-state index in [4.69, 9.17) is 14.3 Å². The molecule has 4 heteroatoms. The molecule has 5 atom stereocenters. The number of allylic oxidation sites excluding steroid dienone is 1. The molecule has 0 aromatic carbocycles. The van der Waals surface area contributed by atoms with Crippen LogP contribution in [0.15, 0.2) is 11.3 Å². The Morgan fingerprint density at radius 1 is 0.968 bits per heavy atom. The summed E-state index contributed by atoms with van der Waals surface area (Å²) in [7, 11) is 1.82. The quantitative estimate of drug-likeness (QED) is 0.507. The zero-order valence-corrected chi connectivity index (χ0v) is 20.5. The zero-order valence-electron chi connectivity index (χ0n) is 20.5. The average Bonchev–Trinajstić information content (AvgIpc) is 3.08. The molecule has 5 bridgehead atoms. The Balaban J connectivity index is 1.59. The Morgan fingerprint density at radius 3 is 2.26 bits per heavy atom. The fourth-order valence-corrected chi connectivity index (χ4v) is 6.74. The number of rotatable bonds is 2. The molecule has 0 aromatic heterocycles. The highest BCUT2D eigenvalue weighted by Crippen LogP contribution is 2.52. The van der Waals surface area contributed by atoms with E-state index in [1.807, 2.05) is 7.11 Å². The van der Waals surface area contributed by atoms with E-state index in [1.54, 1.807) is 5.57 Å². The molecule has 0 saturated carbocycles. The van der Waals surface area contributed by atoms with Gasteiger partial charge in [-0.15, -0.1) is 5.48 Å². The highest BCUT2D eigenvalue weighted by atomic mass is 16.7. The Hall–Kier alpha value is -0.580. The van der Waals surface area contributed by atoms with Crippen molar-refractivity contribution in [1.29, 1.82) is 0 Å². The first-order chi connectivity index (χ1) is 15.1. The summed E-state index contributed by atoms with van der Waals surface area (Å²) < 4.78 is 12.2. The molecule has 178 valence electrons. The van der Waals surface area contributed by atoms with Crippen molar-refractivity contribution in [3.8, 4) is 0 Å². The molecule has 2 aliphatic carbocycles. The molecule has 2 heterocycles. The third-order valence-electron chi connectivity index (χ3n) is 9.01. The largest absolute Gasteiger partial charge is 0.412 e. The summed E-state index contributed by atoms with van der Waals surface area (Å²) >= 11 is 0. The highest BCUT2D eigenvalue weighted by molar-refractivity contribution is 5.26. The van der Waals surface area contributed by atoms with Gasteiger partial charge in [0.1, 0.15) is 5.76 Å². The molecule has 0 aromatic rings. The van der Waals surface area contributed by atoms with E-state index in [2.05, 4.69) is 19.3 Å². The van der Waals surface area contributed by atoms with Crippen molar-refractivity contribution in [3.05, 3.63) is 11.3 Å². The topological polar surface area (TPSA) is 39.7 Å². The molecule has 2 aliphatic heterocycles. The fourth-order valence-electron chi connectivity index (χ4n) is 6.74. The predicted molar refractivity (Wildman–Crippen MR) is 125 cm³/mol. The van der Waals surface area contributed by atoms with Crippen LogP contribution >= 0.6 is 0 Å². The third-order valence-corrected chi connectivity index (χ3v) is 9.01. The molecule has 0 radical (unpaired) electrons. The Labute approximate surface area is 190 Å². The van der Waals surface area contributed by atoms with E-state index in [0.29, 0.717) is 23.9 Å². The number of fused-ring (bicyclic) bond motifs is 1. The van der Waals surface area contributed by atoms with Crippen LogP contribution in [0.3, 0.4) is 0 Å². The Bertz CT molecular complexity index is 620. The molecule has 2 saturated heterocycles. The van der Waals surface area contributed by atoms with Gasteiger partial charge in [-0.25, -0.2) is 0 Å². The lowest BCUT2D eigenvalue weighted by Gasteiger charge is -2.36. The summed E-state index contributed by atoms with van der Waals surface area (Å²) in [5.74, 6) is 2.17. The molecule has 4 rings (SSSR count). The van der Waals surface area contributed by atoms with Gasteiger partial charge in [-0.3, -0.25) is 0 Å². The first kappa shape index (κ1) is 23.6. The maximum Gasteiger partial charge on any atom is 0.160 e. The first-order valence-electron chi connectivity index (χ1n) is 13.4. The van der Waals surface area contributed by atoms with Crippen LogP contribution in [-0.2, 0) is 14.3 Å². The minimum atomic E-state index is -0.0807. The van der Waals surface area contributed by atoms with E-state index in [0.717, 1.165) is 19.3 Å². The van der Waals surface area contributed by atoms with Crippen molar-refractivity contribution in [2.24, 2.45) is 17.3 Å². The van der Waals surface area contributed by atoms with Gasteiger partial charge in [0.25, 0.3) is 0 Å². The maximum absolute atomic E-state index is 6.38. The van der Waals surface area contributed by atoms with Gasteiger partial charge in [0.05, 0.1) is 12.1 Å². The van der Waals surface area contributed by atoms with Crippen LogP contribution in [-0.4, -0.2) is 25.5 Å². The van der Waals surface area contributed by atoms with Crippen LogP contribution in [0, 0.1) is 17.3 Å². The first-order valence-corrected chi connectivity index (χ1v) is 13.4. The van der Waals surface area contributed by atoms with Crippen molar-refractivity contribution < 1.29 is 14.3 Å². The molecular formula is C27H47NO3. The lowest BCUT2D eigenvalue weighted by atomic mass is 9.67. The second-order valence-corrected chi connectivity index (χ2v) is 11.4. The van der Waals surface area contributed by atoms with Crippen LogP contribution in [0.5, 0.6) is 0 Å². The van der Waals surface area contributed by atoms with E-state index in [-0.39, 0.29) is 11.8 Å². The van der Waals surface area contributed by atoms with Gasteiger partial charge < -0.3 is 14.3 Å². The van der Waals surface area contributed by atoms with Crippen molar-refractivity contribution in [1.82, 2.24) is 5.48 Å². The van der Waals surface area contributed by atoms with E-state index in [9.17, 15) is 0 Å². The van der Waals surface area contributed by atoms with Crippen molar-refractivity contribution >= 4 is 0 Å². The molecule has 2 fully saturated rings. The van der Waals surface area contributed by atoms with Crippen LogP contribution in [0.25, 0.3) is 0 Å². The average molecular weight is 434 g/mol. The summed E-state index contributed by atoms with van der Waals surface area (Å²) in [6.07, 6.45) is 20.8. The normalized spacial score (nSPS) is 40.7. The number of methoxy groups -OCH3 is 1. The van der Waals surface area contributed by atoms with Crippen LogP contribution in [0.1, 0.15) is 117 Å². The SMILES string of the molecule is CC[C@]1(C)CCCCCCCCCCCCC23COC(OC)C4CC(=C(ON2)C3C4)C1. The molecule has 0 amide bonds. The van der Waals surface area contributed by atoms with E-state index >= 15 is 0 Å². The summed E-state index contributed by atoms with van der Waals surface area (Å²) in [5, 5.41) is 0. The Kier molecular flexibility index (Phi) is 8.04. The number of hydrogen-bond acceptors (Lipinski definition) is 4. The van der Waals surface area contributed by atoms with Crippen molar-refractivity contribution in [3.63, 3.8) is 0 Å². The van der Waals surface area contributed by atoms with Crippen LogP contribution < -0.4 is 5.48 Å². The molecule has 0 spiro atoms. The molecule has 4 unspecified atom stereocenters. The second kappa shape index (κ2) is 10.6. The van der Waals surface area contributed by atoms with Crippen molar-refractivity contribution in [2.75, 3.05) is 13.7 Å². The number of hydrogen-bond donors (Lipinski definition) is 1. The predicted octanol–water partition coefficient (Wildman–Crippen LogP) is 7.04. The van der Waals surface area contributed by atoms with E-state index in [1.165, 1.54) is 89.2 Å². The summed E-state index contributed by atoms with van der Waals surface area (Å²) in [5.41, 5.74) is 5.38. The van der Waals surface area contributed by atoms with Gasteiger partial charge in [0.15, 0.2) is 6.29 Å². The zero-order chi connectivity index (χ0) is 21.7. The van der Waals surface area contributed by atoms with E-state index < -0.39 is 0 Å². The van der Waals surface area contributed by atoms with Gasteiger partial charge in [-0.2, -0.15) is 0 Å². The minimum Gasteiger partial charge on any atom is -0.412 e. The number of ether oxygens (including phenoxy) is 2. The number of nitrogens with one attached hydrogen (secondary N) is 1. The van der Waals surface area contributed by atoms with Gasteiger partial charge in [0.2, 0.25) is 0 Å². The summed E-state index contributed by atoms with van der Waals surface area (Å²) in [6.45, 7) is 5.60. The lowest BCUT2D eigenvalue weighted by Crippen LogP contribution is -2.48. The van der Waals surface area contributed by atoms with Gasteiger partial charge in [0, 0.05) is 18.9 Å². The molecule has 1 N–H and O–H groups in total. The molecular weight excluding hydrogens is 386 g/mol. The smallest absolute Gasteiger partial charge is 0.160 e. The fraction of sp³-hybridized carbons (Fsp3) is 0.926. The molecule has 4 nitrogen and oxygen atoms in total. The van der Waals surface area contributed by atoms with Crippen LogP contribution in [0.2, 0.25) is 0 Å². The van der Waals surface area contributed by atoms with Crippen molar-refractivity contribution in [2.45, 2.75) is 128 Å². The monoisotopic (exact) mass is 433 g/mol. The van der Waals surface area contributed by atoms with Gasteiger partial charge in [-0.1, -0.05) is 84.5 Å². The summed E-state index contributed by atoms with van der Waals surface area (Å²) in [6, 6.07) is 0. The Morgan fingerprint density at radius 2 is 1.61 bits per heavy atom. The standard InChI is InChI=1S/C27H47NO3/c1-4-26(2)15-13-11-9-7-5-6-8-10-12-14-16-27-20-30-25(29-3)21-17-22(19-26)24(31-28-27)23(27)18-21/h21,23,25,28H,4-20H2,1-3H3/t21?,23?,25?,26-,27?/m1/s1. The minimum absolute atomic E-state index is 0.0689. The maximum atomic E-state index is 6.38. The molecule has 4 aliphatic rings. The molecule has 31 heavy (non-hydrogen) atoms.